The number of thiocarbonyl (C=S) groups is 1. The molecule has 5 heteroatoms. The lowest BCUT2D eigenvalue weighted by Gasteiger charge is -2.14. The lowest BCUT2D eigenvalue weighted by Crippen LogP contribution is -2.33. The monoisotopic (exact) mass is 330 g/mol. The van der Waals surface area contributed by atoms with E-state index in [0.29, 0.717) is 5.11 Å². The number of thiophene rings is 1. The van der Waals surface area contributed by atoms with Gasteiger partial charge in [-0.1, -0.05) is 31.2 Å². The van der Waals surface area contributed by atoms with Crippen molar-refractivity contribution in [3.8, 4) is 0 Å². The van der Waals surface area contributed by atoms with E-state index in [1.54, 1.807) is 17.4 Å². The number of anilines is 1. The largest absolute Gasteiger partial charge is 0.332 e. The van der Waals surface area contributed by atoms with Gasteiger partial charge < -0.3 is 5.32 Å². The maximum absolute atomic E-state index is 11.9. The summed E-state index contributed by atoms with van der Waals surface area (Å²) in [5.41, 5.74) is 3.24. The molecule has 0 bridgehead atoms. The van der Waals surface area contributed by atoms with E-state index in [4.69, 9.17) is 12.2 Å². The topological polar surface area (TPSA) is 41.1 Å². The van der Waals surface area contributed by atoms with Crippen LogP contribution in [0.2, 0.25) is 0 Å². The van der Waals surface area contributed by atoms with Crippen molar-refractivity contribution in [2.24, 2.45) is 0 Å². The molecule has 1 amide bonds. The summed E-state index contributed by atoms with van der Waals surface area (Å²) < 4.78 is 0. The van der Waals surface area contributed by atoms with Crippen LogP contribution in [0.25, 0.3) is 6.08 Å². The number of para-hydroxylation sites is 1. The SMILES string of the molecule is CCc1cccc(C)c1NC(=S)NC(=O)C=Cc1cccs1. The average Bonchev–Trinajstić information content (AvgIpc) is 3.00. The van der Waals surface area contributed by atoms with Crippen molar-refractivity contribution < 1.29 is 4.79 Å². The highest BCUT2D eigenvalue weighted by atomic mass is 32.1. The van der Waals surface area contributed by atoms with Crippen LogP contribution in [-0.2, 0) is 11.2 Å². The molecule has 0 fully saturated rings. The van der Waals surface area contributed by atoms with E-state index >= 15 is 0 Å². The predicted molar refractivity (Wildman–Crippen MR) is 98.3 cm³/mol. The van der Waals surface area contributed by atoms with Crippen molar-refractivity contribution in [1.82, 2.24) is 5.32 Å². The third-order valence-corrected chi connectivity index (χ3v) is 4.20. The highest BCUT2D eigenvalue weighted by Crippen LogP contribution is 2.20. The first kappa shape index (κ1) is 16.4. The van der Waals surface area contributed by atoms with Crippen LogP contribution < -0.4 is 10.6 Å². The summed E-state index contributed by atoms with van der Waals surface area (Å²) in [4.78, 5) is 12.9. The summed E-state index contributed by atoms with van der Waals surface area (Å²) >= 11 is 6.80. The molecular weight excluding hydrogens is 312 g/mol. The zero-order chi connectivity index (χ0) is 15.9. The van der Waals surface area contributed by atoms with Crippen LogP contribution in [0.15, 0.2) is 41.8 Å². The summed E-state index contributed by atoms with van der Waals surface area (Å²) in [5, 5.41) is 8.07. The molecule has 0 saturated carbocycles. The van der Waals surface area contributed by atoms with Crippen LogP contribution in [0.4, 0.5) is 5.69 Å². The summed E-state index contributed by atoms with van der Waals surface area (Å²) in [7, 11) is 0. The molecule has 0 aliphatic heterocycles. The van der Waals surface area contributed by atoms with E-state index in [0.717, 1.165) is 22.5 Å². The molecule has 0 radical (unpaired) electrons. The summed E-state index contributed by atoms with van der Waals surface area (Å²) in [6.45, 7) is 4.11. The smallest absolute Gasteiger partial charge is 0.250 e. The van der Waals surface area contributed by atoms with E-state index in [1.165, 1.54) is 11.6 Å². The van der Waals surface area contributed by atoms with Gasteiger partial charge in [-0.15, -0.1) is 11.3 Å². The van der Waals surface area contributed by atoms with Crippen LogP contribution in [0.5, 0.6) is 0 Å². The van der Waals surface area contributed by atoms with Crippen LogP contribution in [0.3, 0.4) is 0 Å². The fraction of sp³-hybridized carbons (Fsp3) is 0.176. The number of rotatable bonds is 4. The Labute approximate surface area is 140 Å². The standard InChI is InChI=1S/C17H18N2OS2/c1-3-13-7-4-6-12(2)16(13)19-17(21)18-15(20)10-9-14-8-5-11-22-14/h4-11H,3H2,1-2H3,(H2,18,19,20,21). The lowest BCUT2D eigenvalue weighted by atomic mass is 10.1. The number of carbonyl (C=O) groups is 1. The Bertz CT molecular complexity index is 691. The third-order valence-electron chi connectivity index (χ3n) is 3.16. The Kier molecular flexibility index (Phi) is 5.86. The highest BCUT2D eigenvalue weighted by Gasteiger charge is 2.07. The van der Waals surface area contributed by atoms with Crippen molar-refractivity contribution >= 4 is 46.3 Å². The van der Waals surface area contributed by atoms with Gasteiger partial charge in [0.05, 0.1) is 0 Å². The van der Waals surface area contributed by atoms with Gasteiger partial charge in [-0.2, -0.15) is 0 Å². The second kappa shape index (κ2) is 7.87. The molecule has 2 rings (SSSR count). The molecule has 1 aromatic heterocycles. The third kappa shape index (κ3) is 4.51. The Morgan fingerprint density at radius 2 is 2.14 bits per heavy atom. The minimum atomic E-state index is -0.238. The van der Waals surface area contributed by atoms with E-state index in [9.17, 15) is 4.79 Å². The second-order valence-electron chi connectivity index (χ2n) is 4.75. The van der Waals surface area contributed by atoms with Gasteiger partial charge in [0.25, 0.3) is 0 Å². The zero-order valence-electron chi connectivity index (χ0n) is 12.6. The molecule has 0 saturated heterocycles. The van der Waals surface area contributed by atoms with Gasteiger partial charge in [-0.3, -0.25) is 10.1 Å². The van der Waals surface area contributed by atoms with E-state index < -0.39 is 0 Å². The van der Waals surface area contributed by atoms with Gasteiger partial charge in [0.15, 0.2) is 5.11 Å². The quantitative estimate of drug-likeness (QED) is 0.654. The molecule has 0 aliphatic rings. The average molecular weight is 330 g/mol. The van der Waals surface area contributed by atoms with Gasteiger partial charge >= 0.3 is 0 Å². The fourth-order valence-electron chi connectivity index (χ4n) is 2.04. The number of aryl methyl sites for hydroxylation is 2. The Morgan fingerprint density at radius 1 is 1.32 bits per heavy atom. The zero-order valence-corrected chi connectivity index (χ0v) is 14.2. The van der Waals surface area contributed by atoms with Gasteiger partial charge in [0, 0.05) is 16.6 Å². The Morgan fingerprint density at radius 3 is 2.82 bits per heavy atom. The first-order chi connectivity index (χ1) is 10.6. The number of amides is 1. The molecule has 3 nitrogen and oxygen atoms in total. The summed E-state index contributed by atoms with van der Waals surface area (Å²) in [6.07, 6.45) is 4.16. The molecular formula is C17H18N2OS2. The maximum Gasteiger partial charge on any atom is 0.250 e. The van der Waals surface area contributed by atoms with Crippen LogP contribution in [0, 0.1) is 6.92 Å². The molecule has 0 atom stereocenters. The first-order valence-electron chi connectivity index (χ1n) is 7.02. The van der Waals surface area contributed by atoms with E-state index in [-0.39, 0.29) is 5.91 Å². The van der Waals surface area contributed by atoms with Crippen LogP contribution in [0.1, 0.15) is 22.9 Å². The Balaban J connectivity index is 1.97. The number of hydrogen-bond donors (Lipinski definition) is 2. The van der Waals surface area contributed by atoms with Gasteiger partial charge in [0.2, 0.25) is 5.91 Å². The molecule has 2 N–H and O–H groups in total. The van der Waals surface area contributed by atoms with Crippen LogP contribution in [-0.4, -0.2) is 11.0 Å². The summed E-state index contributed by atoms with van der Waals surface area (Å²) in [6, 6.07) is 9.98. The van der Waals surface area contributed by atoms with Crippen LogP contribution >= 0.6 is 23.6 Å². The second-order valence-corrected chi connectivity index (χ2v) is 6.14. The molecule has 114 valence electrons. The molecule has 1 aromatic carbocycles. The first-order valence-corrected chi connectivity index (χ1v) is 8.31. The lowest BCUT2D eigenvalue weighted by molar-refractivity contribution is -0.115. The molecule has 0 unspecified atom stereocenters. The number of nitrogens with one attached hydrogen (secondary N) is 2. The van der Waals surface area contributed by atoms with Gasteiger partial charge in [0.1, 0.15) is 0 Å². The normalized spacial score (nSPS) is 10.6. The van der Waals surface area contributed by atoms with Crippen molar-refractivity contribution in [3.63, 3.8) is 0 Å². The summed E-state index contributed by atoms with van der Waals surface area (Å²) in [5.74, 6) is -0.238. The minimum absolute atomic E-state index is 0.238. The molecule has 0 aliphatic carbocycles. The number of benzene rings is 1. The number of hydrogen-bond acceptors (Lipinski definition) is 3. The minimum Gasteiger partial charge on any atom is -0.332 e. The van der Waals surface area contributed by atoms with Crippen molar-refractivity contribution in [1.29, 1.82) is 0 Å². The molecule has 0 spiro atoms. The fourth-order valence-corrected chi connectivity index (χ4v) is 2.86. The van der Waals surface area contributed by atoms with Gasteiger partial charge in [-0.05, 0) is 54.2 Å². The predicted octanol–water partition coefficient (Wildman–Crippen LogP) is 4.15. The number of carbonyl (C=O) groups excluding carboxylic acids is 1. The van der Waals surface area contributed by atoms with Crippen molar-refractivity contribution in [3.05, 3.63) is 57.8 Å². The Hall–Kier alpha value is -1.98. The van der Waals surface area contributed by atoms with E-state index in [1.807, 2.05) is 36.6 Å². The maximum atomic E-state index is 11.9. The highest BCUT2D eigenvalue weighted by molar-refractivity contribution is 7.80. The van der Waals surface area contributed by atoms with Gasteiger partial charge in [-0.25, -0.2) is 0 Å². The van der Waals surface area contributed by atoms with Crippen molar-refractivity contribution in [2.75, 3.05) is 5.32 Å². The molecule has 2 aromatic rings. The van der Waals surface area contributed by atoms with Crippen molar-refractivity contribution in [2.45, 2.75) is 20.3 Å². The molecule has 1 heterocycles. The van der Waals surface area contributed by atoms with E-state index in [2.05, 4.69) is 23.6 Å². The molecule has 22 heavy (non-hydrogen) atoms.